The molecule has 0 bridgehead atoms. The number of carbonyl (C=O) groups is 1. The van der Waals surface area contributed by atoms with Crippen LogP contribution in [0.15, 0.2) is 53.1 Å². The third kappa shape index (κ3) is 4.29. The molecule has 1 amide bonds. The molecule has 1 aromatic heterocycles. The van der Waals surface area contributed by atoms with Crippen LogP contribution in [-0.2, 0) is 24.3 Å². The standard InChI is InChI=1S/C21H25N3O2/c1-3-24(4-2)15-17-10-6-5-9-16(17)14-22-21(25)13-19-18-11-7-8-12-20(18)26-23-19/h5-12H,3-4,13-15H2,1-2H3,(H,22,25)/p+1. The Morgan fingerprint density at radius 1 is 1.04 bits per heavy atom. The Kier molecular flexibility index (Phi) is 6.02. The van der Waals surface area contributed by atoms with Gasteiger partial charge in [0.1, 0.15) is 12.2 Å². The number of hydrogen-bond donors (Lipinski definition) is 2. The van der Waals surface area contributed by atoms with Crippen molar-refractivity contribution in [1.82, 2.24) is 10.5 Å². The molecule has 0 aliphatic rings. The van der Waals surface area contributed by atoms with Crippen LogP contribution in [0.5, 0.6) is 0 Å². The predicted molar refractivity (Wildman–Crippen MR) is 102 cm³/mol. The van der Waals surface area contributed by atoms with E-state index in [4.69, 9.17) is 4.52 Å². The van der Waals surface area contributed by atoms with E-state index in [9.17, 15) is 4.79 Å². The van der Waals surface area contributed by atoms with Crippen LogP contribution in [0.4, 0.5) is 0 Å². The molecule has 0 atom stereocenters. The SMILES string of the molecule is CC[NH+](CC)Cc1ccccc1CNC(=O)Cc1noc2ccccc12. The Bertz CT molecular complexity index is 868. The van der Waals surface area contributed by atoms with Crippen LogP contribution in [0.2, 0.25) is 0 Å². The van der Waals surface area contributed by atoms with Gasteiger partial charge in [0.2, 0.25) is 5.91 Å². The van der Waals surface area contributed by atoms with Gasteiger partial charge in [-0.3, -0.25) is 4.79 Å². The average molecular weight is 352 g/mol. The molecule has 5 nitrogen and oxygen atoms in total. The van der Waals surface area contributed by atoms with E-state index in [1.54, 1.807) is 0 Å². The Morgan fingerprint density at radius 3 is 2.50 bits per heavy atom. The first kappa shape index (κ1) is 18.1. The molecule has 0 fully saturated rings. The molecule has 26 heavy (non-hydrogen) atoms. The van der Waals surface area contributed by atoms with Crippen molar-refractivity contribution in [2.75, 3.05) is 13.1 Å². The van der Waals surface area contributed by atoms with Gasteiger partial charge in [0, 0.05) is 17.5 Å². The summed E-state index contributed by atoms with van der Waals surface area (Å²) in [6, 6.07) is 15.9. The fourth-order valence-corrected chi connectivity index (χ4v) is 3.15. The molecule has 3 rings (SSSR count). The van der Waals surface area contributed by atoms with Crippen LogP contribution in [0.25, 0.3) is 11.0 Å². The van der Waals surface area contributed by atoms with Crippen molar-refractivity contribution in [2.24, 2.45) is 0 Å². The third-order valence-corrected chi connectivity index (χ3v) is 4.81. The highest BCUT2D eigenvalue weighted by atomic mass is 16.5. The zero-order valence-corrected chi connectivity index (χ0v) is 15.4. The highest BCUT2D eigenvalue weighted by molar-refractivity contribution is 5.86. The molecule has 5 heteroatoms. The Balaban J connectivity index is 1.63. The number of nitrogens with zero attached hydrogens (tertiary/aromatic N) is 1. The molecule has 0 spiro atoms. The number of carbonyl (C=O) groups excluding carboxylic acids is 1. The summed E-state index contributed by atoms with van der Waals surface area (Å²) in [5, 5.41) is 7.95. The van der Waals surface area contributed by atoms with E-state index < -0.39 is 0 Å². The minimum absolute atomic E-state index is 0.0472. The fourth-order valence-electron chi connectivity index (χ4n) is 3.15. The maximum Gasteiger partial charge on any atom is 0.226 e. The number of fused-ring (bicyclic) bond motifs is 1. The van der Waals surface area contributed by atoms with Crippen LogP contribution >= 0.6 is 0 Å². The Hall–Kier alpha value is -2.66. The van der Waals surface area contributed by atoms with E-state index in [1.165, 1.54) is 16.0 Å². The van der Waals surface area contributed by atoms with Gasteiger partial charge >= 0.3 is 0 Å². The van der Waals surface area contributed by atoms with E-state index in [0.717, 1.165) is 25.0 Å². The lowest BCUT2D eigenvalue weighted by molar-refractivity contribution is -0.910. The summed E-state index contributed by atoms with van der Waals surface area (Å²) in [5.74, 6) is -0.0472. The van der Waals surface area contributed by atoms with Gasteiger partial charge in [-0.1, -0.05) is 41.6 Å². The summed E-state index contributed by atoms with van der Waals surface area (Å²) >= 11 is 0. The minimum atomic E-state index is -0.0472. The van der Waals surface area contributed by atoms with Crippen LogP contribution in [0.1, 0.15) is 30.7 Å². The zero-order chi connectivity index (χ0) is 18.4. The number of aromatic nitrogens is 1. The largest absolute Gasteiger partial charge is 0.356 e. The molecule has 0 aliphatic heterocycles. The molecule has 2 aromatic carbocycles. The molecule has 136 valence electrons. The first-order valence-electron chi connectivity index (χ1n) is 9.21. The van der Waals surface area contributed by atoms with Crippen LogP contribution < -0.4 is 10.2 Å². The van der Waals surface area contributed by atoms with E-state index in [0.29, 0.717) is 17.8 Å². The number of nitrogens with one attached hydrogen (secondary N) is 2. The van der Waals surface area contributed by atoms with Crippen molar-refractivity contribution in [3.63, 3.8) is 0 Å². The highest BCUT2D eigenvalue weighted by Gasteiger charge is 2.13. The van der Waals surface area contributed by atoms with E-state index in [-0.39, 0.29) is 12.3 Å². The average Bonchev–Trinajstić information content (AvgIpc) is 3.08. The van der Waals surface area contributed by atoms with Gasteiger partial charge in [-0.15, -0.1) is 0 Å². The van der Waals surface area contributed by atoms with Crippen molar-refractivity contribution >= 4 is 16.9 Å². The van der Waals surface area contributed by atoms with Gasteiger partial charge in [-0.25, -0.2) is 0 Å². The van der Waals surface area contributed by atoms with Crippen LogP contribution in [-0.4, -0.2) is 24.2 Å². The smallest absolute Gasteiger partial charge is 0.226 e. The monoisotopic (exact) mass is 352 g/mol. The quantitative estimate of drug-likeness (QED) is 0.653. The number of rotatable bonds is 8. The predicted octanol–water partition coefficient (Wildman–Crippen LogP) is 2.11. The summed E-state index contributed by atoms with van der Waals surface area (Å²) in [7, 11) is 0. The Labute approximate surface area is 154 Å². The van der Waals surface area contributed by atoms with E-state index in [1.807, 2.05) is 30.3 Å². The normalized spacial score (nSPS) is 11.2. The van der Waals surface area contributed by atoms with Crippen molar-refractivity contribution in [3.05, 3.63) is 65.4 Å². The minimum Gasteiger partial charge on any atom is -0.356 e. The number of quaternary nitrogens is 1. The van der Waals surface area contributed by atoms with E-state index >= 15 is 0 Å². The van der Waals surface area contributed by atoms with Gasteiger partial charge in [0.05, 0.1) is 19.5 Å². The van der Waals surface area contributed by atoms with Crippen molar-refractivity contribution < 1.29 is 14.2 Å². The lowest BCUT2D eigenvalue weighted by atomic mass is 10.1. The summed E-state index contributed by atoms with van der Waals surface area (Å²) in [6.45, 7) is 8.10. The van der Waals surface area contributed by atoms with Gasteiger partial charge in [0.25, 0.3) is 0 Å². The number of amides is 1. The van der Waals surface area contributed by atoms with Gasteiger partial charge in [0.15, 0.2) is 5.58 Å². The molecule has 3 aromatic rings. The maximum absolute atomic E-state index is 12.4. The second kappa shape index (κ2) is 8.63. The molecule has 0 radical (unpaired) electrons. The van der Waals surface area contributed by atoms with Gasteiger partial charge in [-0.05, 0) is 31.5 Å². The molecule has 0 aliphatic carbocycles. The molecular weight excluding hydrogens is 326 g/mol. The molecule has 2 N–H and O–H groups in total. The second-order valence-electron chi connectivity index (χ2n) is 6.48. The van der Waals surface area contributed by atoms with Crippen molar-refractivity contribution in [2.45, 2.75) is 33.4 Å². The fraction of sp³-hybridized carbons (Fsp3) is 0.333. The zero-order valence-electron chi connectivity index (χ0n) is 15.4. The van der Waals surface area contributed by atoms with Crippen molar-refractivity contribution in [3.8, 4) is 0 Å². The summed E-state index contributed by atoms with van der Waals surface area (Å²) in [6.07, 6.45) is 0.223. The number of para-hydroxylation sites is 1. The number of hydrogen-bond acceptors (Lipinski definition) is 3. The topological polar surface area (TPSA) is 59.6 Å². The van der Waals surface area contributed by atoms with Crippen LogP contribution in [0, 0.1) is 0 Å². The molecule has 1 heterocycles. The third-order valence-electron chi connectivity index (χ3n) is 4.81. The highest BCUT2D eigenvalue weighted by Crippen LogP contribution is 2.18. The first-order chi connectivity index (χ1) is 12.7. The summed E-state index contributed by atoms with van der Waals surface area (Å²) in [5.41, 5.74) is 3.85. The number of benzene rings is 2. The lowest BCUT2D eigenvalue weighted by Gasteiger charge is -2.17. The van der Waals surface area contributed by atoms with Crippen molar-refractivity contribution in [1.29, 1.82) is 0 Å². The van der Waals surface area contributed by atoms with Crippen LogP contribution in [0.3, 0.4) is 0 Å². The second-order valence-corrected chi connectivity index (χ2v) is 6.48. The van der Waals surface area contributed by atoms with Gasteiger partial charge < -0.3 is 14.7 Å². The molecule has 0 unspecified atom stereocenters. The summed E-state index contributed by atoms with van der Waals surface area (Å²) < 4.78 is 5.27. The van der Waals surface area contributed by atoms with Gasteiger partial charge in [-0.2, -0.15) is 0 Å². The lowest BCUT2D eigenvalue weighted by Crippen LogP contribution is -3.10. The van der Waals surface area contributed by atoms with E-state index in [2.05, 4.69) is 42.5 Å². The molecule has 0 saturated heterocycles. The molecular formula is C21H26N3O2+. The maximum atomic E-state index is 12.4. The first-order valence-corrected chi connectivity index (χ1v) is 9.21. The Morgan fingerprint density at radius 2 is 1.73 bits per heavy atom. The molecule has 0 saturated carbocycles. The summed E-state index contributed by atoms with van der Waals surface area (Å²) in [4.78, 5) is 13.9.